The van der Waals surface area contributed by atoms with Gasteiger partial charge in [-0.3, -0.25) is 0 Å². The fourth-order valence-electron chi connectivity index (χ4n) is 2.97. The van der Waals surface area contributed by atoms with Crippen LogP contribution < -0.4 is 9.47 Å². The maximum atomic E-state index is 5.61. The largest absolute Gasteiger partial charge is 0.496 e. The molecule has 0 amide bonds. The summed E-state index contributed by atoms with van der Waals surface area (Å²) in [5, 5.41) is 0. The summed E-state index contributed by atoms with van der Waals surface area (Å²) in [7, 11) is 3.46. The molecule has 19 heavy (non-hydrogen) atoms. The number of hydrogen-bond acceptors (Lipinski definition) is 2. The van der Waals surface area contributed by atoms with Crippen molar-refractivity contribution >= 4 is 0 Å². The molecule has 0 saturated heterocycles. The molecule has 1 aromatic rings. The van der Waals surface area contributed by atoms with Crippen LogP contribution in [0.4, 0.5) is 0 Å². The van der Waals surface area contributed by atoms with Crippen LogP contribution in [-0.4, -0.2) is 14.2 Å². The van der Waals surface area contributed by atoms with Gasteiger partial charge in [-0.25, -0.2) is 0 Å². The molecule has 1 unspecified atom stereocenters. The van der Waals surface area contributed by atoms with Crippen molar-refractivity contribution in [2.45, 2.75) is 39.5 Å². The average molecular weight is 260 g/mol. The minimum absolute atomic E-state index is 0.0410. The second kappa shape index (κ2) is 4.59. The number of hydrogen-bond donors (Lipinski definition) is 0. The molecule has 104 valence electrons. The third-order valence-electron chi connectivity index (χ3n) is 4.79. The van der Waals surface area contributed by atoms with Crippen LogP contribution in [0.25, 0.3) is 0 Å². The lowest BCUT2D eigenvalue weighted by molar-refractivity contribution is 0.256. The molecule has 0 spiro atoms. The Morgan fingerprint density at radius 3 is 2.11 bits per heavy atom. The molecule has 0 radical (unpaired) electrons. The standard InChI is InChI=1S/C17H24O2/c1-12-10-15(19-6)13(11-14(12)18-5)17(4)9-7-8-16(17,2)3/h7-8,10-11H,9H2,1-6H3. The number of allylic oxidation sites excluding steroid dienone is 2. The summed E-state index contributed by atoms with van der Waals surface area (Å²) in [6.07, 6.45) is 5.60. The molecule has 2 rings (SSSR count). The first-order valence-corrected chi connectivity index (χ1v) is 6.76. The van der Waals surface area contributed by atoms with E-state index in [0.29, 0.717) is 0 Å². The van der Waals surface area contributed by atoms with E-state index in [0.717, 1.165) is 23.5 Å². The van der Waals surface area contributed by atoms with E-state index < -0.39 is 0 Å². The van der Waals surface area contributed by atoms with E-state index in [9.17, 15) is 0 Å². The molecule has 2 nitrogen and oxygen atoms in total. The normalized spacial score (nSPS) is 24.5. The van der Waals surface area contributed by atoms with Crippen LogP contribution in [0.3, 0.4) is 0 Å². The number of aryl methyl sites for hydroxylation is 1. The summed E-state index contributed by atoms with van der Waals surface area (Å²) >= 11 is 0. The number of rotatable bonds is 3. The quantitative estimate of drug-likeness (QED) is 0.756. The van der Waals surface area contributed by atoms with Crippen LogP contribution in [-0.2, 0) is 5.41 Å². The predicted octanol–water partition coefficient (Wildman–Crippen LogP) is 4.26. The maximum Gasteiger partial charge on any atom is 0.123 e. The Morgan fingerprint density at radius 2 is 1.63 bits per heavy atom. The number of methoxy groups -OCH3 is 2. The molecule has 0 bridgehead atoms. The minimum atomic E-state index is 0.0410. The fraction of sp³-hybridized carbons (Fsp3) is 0.529. The SMILES string of the molecule is COc1cc(C2(C)CC=CC2(C)C)c(OC)cc1C. The van der Waals surface area contributed by atoms with Gasteiger partial charge < -0.3 is 9.47 Å². The van der Waals surface area contributed by atoms with Gasteiger partial charge in [-0.15, -0.1) is 0 Å². The lowest BCUT2D eigenvalue weighted by Gasteiger charge is -2.39. The van der Waals surface area contributed by atoms with Gasteiger partial charge in [0.1, 0.15) is 11.5 Å². The van der Waals surface area contributed by atoms with E-state index in [1.54, 1.807) is 14.2 Å². The summed E-state index contributed by atoms with van der Waals surface area (Å²) in [5.74, 6) is 1.89. The van der Waals surface area contributed by atoms with E-state index in [4.69, 9.17) is 9.47 Å². The first kappa shape index (κ1) is 14.0. The second-order valence-electron chi connectivity index (χ2n) is 6.18. The zero-order valence-electron chi connectivity index (χ0n) is 12.8. The van der Waals surface area contributed by atoms with Crippen molar-refractivity contribution in [1.29, 1.82) is 0 Å². The summed E-state index contributed by atoms with van der Waals surface area (Å²) in [6, 6.07) is 4.22. The molecular weight excluding hydrogens is 236 g/mol. The van der Waals surface area contributed by atoms with Crippen molar-refractivity contribution in [2.75, 3.05) is 14.2 Å². The van der Waals surface area contributed by atoms with Gasteiger partial charge >= 0.3 is 0 Å². The summed E-state index contributed by atoms with van der Waals surface area (Å²) < 4.78 is 11.1. The molecule has 1 atom stereocenters. The molecule has 0 fully saturated rings. The van der Waals surface area contributed by atoms with Crippen molar-refractivity contribution < 1.29 is 9.47 Å². The fourth-order valence-corrected chi connectivity index (χ4v) is 2.97. The van der Waals surface area contributed by atoms with E-state index in [2.05, 4.69) is 45.1 Å². The number of benzene rings is 1. The topological polar surface area (TPSA) is 18.5 Å². The molecule has 1 aliphatic carbocycles. The highest BCUT2D eigenvalue weighted by molar-refractivity contribution is 5.51. The zero-order chi connectivity index (χ0) is 14.3. The Hall–Kier alpha value is -1.44. The molecule has 1 aromatic carbocycles. The van der Waals surface area contributed by atoms with Gasteiger partial charge in [-0.2, -0.15) is 0 Å². The highest BCUT2D eigenvalue weighted by Crippen LogP contribution is 2.53. The van der Waals surface area contributed by atoms with E-state index in [-0.39, 0.29) is 10.8 Å². The van der Waals surface area contributed by atoms with Gasteiger partial charge in [0.2, 0.25) is 0 Å². The van der Waals surface area contributed by atoms with Gasteiger partial charge in [0, 0.05) is 11.0 Å². The first-order chi connectivity index (χ1) is 8.85. The molecule has 1 aliphatic rings. The van der Waals surface area contributed by atoms with Gasteiger partial charge in [-0.1, -0.05) is 32.9 Å². The summed E-state index contributed by atoms with van der Waals surface area (Å²) in [4.78, 5) is 0. The highest BCUT2D eigenvalue weighted by Gasteiger charge is 2.45. The van der Waals surface area contributed by atoms with Crippen molar-refractivity contribution in [3.05, 3.63) is 35.4 Å². The third kappa shape index (κ3) is 2.03. The molecule has 2 heteroatoms. The molecule has 0 heterocycles. The molecule has 0 N–H and O–H groups in total. The summed E-state index contributed by atoms with van der Waals surface area (Å²) in [5.41, 5.74) is 2.49. The van der Waals surface area contributed by atoms with Crippen LogP contribution in [0.1, 0.15) is 38.3 Å². The lowest BCUT2D eigenvalue weighted by Crippen LogP contribution is -2.34. The van der Waals surface area contributed by atoms with Crippen molar-refractivity contribution in [3.8, 4) is 11.5 Å². The van der Waals surface area contributed by atoms with Crippen molar-refractivity contribution in [1.82, 2.24) is 0 Å². The number of ether oxygens (including phenoxy) is 2. The van der Waals surface area contributed by atoms with E-state index in [1.807, 2.05) is 6.92 Å². The predicted molar refractivity (Wildman–Crippen MR) is 79.2 cm³/mol. The Labute approximate surface area is 116 Å². The smallest absolute Gasteiger partial charge is 0.123 e. The Kier molecular flexibility index (Phi) is 3.38. The van der Waals surface area contributed by atoms with Crippen molar-refractivity contribution in [2.24, 2.45) is 5.41 Å². The van der Waals surface area contributed by atoms with Crippen LogP contribution >= 0.6 is 0 Å². The maximum absolute atomic E-state index is 5.61. The first-order valence-electron chi connectivity index (χ1n) is 6.76. The van der Waals surface area contributed by atoms with Gasteiger partial charge in [0.25, 0.3) is 0 Å². The molecule has 0 aliphatic heterocycles. The Balaban J connectivity index is 2.62. The highest BCUT2D eigenvalue weighted by atomic mass is 16.5. The van der Waals surface area contributed by atoms with Crippen LogP contribution in [0.5, 0.6) is 11.5 Å². The van der Waals surface area contributed by atoms with Gasteiger partial charge in [0.15, 0.2) is 0 Å². The van der Waals surface area contributed by atoms with Crippen molar-refractivity contribution in [3.63, 3.8) is 0 Å². The Morgan fingerprint density at radius 1 is 1.00 bits per heavy atom. The monoisotopic (exact) mass is 260 g/mol. The molecule has 0 saturated carbocycles. The van der Waals surface area contributed by atoms with E-state index >= 15 is 0 Å². The average Bonchev–Trinajstić information content (AvgIpc) is 2.64. The summed E-state index contributed by atoms with van der Waals surface area (Å²) in [6.45, 7) is 8.91. The van der Waals surface area contributed by atoms with Gasteiger partial charge in [-0.05, 0) is 36.5 Å². The van der Waals surface area contributed by atoms with E-state index in [1.165, 1.54) is 5.56 Å². The zero-order valence-corrected chi connectivity index (χ0v) is 12.8. The van der Waals surface area contributed by atoms with Crippen LogP contribution in [0.2, 0.25) is 0 Å². The van der Waals surface area contributed by atoms with Crippen LogP contribution in [0.15, 0.2) is 24.3 Å². The lowest BCUT2D eigenvalue weighted by atomic mass is 9.64. The minimum Gasteiger partial charge on any atom is -0.496 e. The molecular formula is C17H24O2. The third-order valence-corrected chi connectivity index (χ3v) is 4.79. The second-order valence-corrected chi connectivity index (χ2v) is 6.18. The van der Waals surface area contributed by atoms with Gasteiger partial charge in [0.05, 0.1) is 14.2 Å². The van der Waals surface area contributed by atoms with Crippen LogP contribution in [0, 0.1) is 12.3 Å². The Bertz CT molecular complexity index is 514. The molecule has 0 aromatic heterocycles.